The molecule has 2 heterocycles. The van der Waals surface area contributed by atoms with Crippen molar-refractivity contribution >= 4 is 0 Å². The topological polar surface area (TPSA) is 136 Å². The second kappa shape index (κ2) is 6.56. The molecular formula is C15H24N2O6. The monoisotopic (exact) mass is 328 g/mol. The van der Waals surface area contributed by atoms with Crippen LogP contribution in [0.1, 0.15) is 45.1 Å². The molecule has 0 radical (unpaired) electrons. The molecule has 1 aliphatic rings. The smallest absolute Gasteiger partial charge is 0.325 e. The molecule has 0 aliphatic carbocycles. The van der Waals surface area contributed by atoms with Gasteiger partial charge in [-0.2, -0.15) is 0 Å². The van der Waals surface area contributed by atoms with Crippen LogP contribution in [0.3, 0.4) is 0 Å². The highest BCUT2D eigenvalue weighted by Crippen LogP contribution is 2.48. The summed E-state index contributed by atoms with van der Waals surface area (Å²) in [5.74, 6) is 0. The molecule has 5 N–H and O–H groups in total. The fourth-order valence-electron chi connectivity index (χ4n) is 3.29. The maximum atomic E-state index is 12.1. The molecule has 0 amide bonds. The van der Waals surface area contributed by atoms with Crippen LogP contribution in [0.4, 0.5) is 0 Å². The highest BCUT2D eigenvalue weighted by Gasteiger charge is 2.63. The van der Waals surface area contributed by atoms with Crippen LogP contribution in [0.2, 0.25) is 0 Å². The predicted molar refractivity (Wildman–Crippen MR) is 82.1 cm³/mol. The number of hydrogen-bond donors (Lipinski definition) is 5. The molecule has 1 aliphatic heterocycles. The zero-order chi connectivity index (χ0) is 17.3. The molecule has 8 nitrogen and oxygen atoms in total. The number of aromatic nitrogens is 2. The fraction of sp³-hybridized carbons (Fsp3) is 0.733. The highest BCUT2D eigenvalue weighted by molar-refractivity contribution is 5.25. The molecular weight excluding hydrogens is 304 g/mol. The predicted octanol–water partition coefficient (Wildman–Crippen LogP) is -0.658. The number of rotatable bonds is 6. The first-order valence-corrected chi connectivity index (χ1v) is 7.81. The van der Waals surface area contributed by atoms with Crippen molar-refractivity contribution in [2.24, 2.45) is 0 Å². The van der Waals surface area contributed by atoms with E-state index in [4.69, 9.17) is 4.74 Å². The molecule has 2 rings (SSSR count). The van der Waals surface area contributed by atoms with E-state index in [0.29, 0.717) is 6.42 Å². The molecule has 23 heavy (non-hydrogen) atoms. The van der Waals surface area contributed by atoms with Crippen LogP contribution < -0.4 is 11.2 Å². The van der Waals surface area contributed by atoms with Crippen molar-refractivity contribution in [3.05, 3.63) is 32.6 Å². The van der Waals surface area contributed by atoms with Gasteiger partial charge in [0, 0.05) is 6.20 Å². The molecule has 4 atom stereocenters. The Morgan fingerprint density at radius 2 is 2.04 bits per heavy atom. The minimum absolute atomic E-state index is 0.00565. The van der Waals surface area contributed by atoms with Gasteiger partial charge >= 0.3 is 5.69 Å². The van der Waals surface area contributed by atoms with Crippen LogP contribution in [0.25, 0.3) is 0 Å². The lowest BCUT2D eigenvalue weighted by atomic mass is 9.74. The largest absolute Gasteiger partial charge is 0.394 e. The van der Waals surface area contributed by atoms with E-state index in [0.717, 1.165) is 12.8 Å². The van der Waals surface area contributed by atoms with E-state index in [-0.39, 0.29) is 12.0 Å². The summed E-state index contributed by atoms with van der Waals surface area (Å²) in [5.41, 5.74) is -4.66. The summed E-state index contributed by atoms with van der Waals surface area (Å²) in [4.78, 5) is 27.8. The fourth-order valence-corrected chi connectivity index (χ4v) is 3.29. The summed E-state index contributed by atoms with van der Waals surface area (Å²) in [7, 11) is 0. The van der Waals surface area contributed by atoms with Crippen molar-refractivity contribution in [2.75, 3.05) is 6.61 Å². The molecule has 0 spiro atoms. The van der Waals surface area contributed by atoms with E-state index in [1.807, 2.05) is 6.92 Å². The molecule has 1 aromatic heterocycles. The van der Waals surface area contributed by atoms with E-state index in [1.54, 1.807) is 0 Å². The zero-order valence-electron chi connectivity index (χ0n) is 13.3. The average molecular weight is 328 g/mol. The van der Waals surface area contributed by atoms with Gasteiger partial charge in [0.1, 0.15) is 23.4 Å². The van der Waals surface area contributed by atoms with Gasteiger partial charge in [0.05, 0.1) is 12.2 Å². The van der Waals surface area contributed by atoms with Crippen molar-refractivity contribution in [1.29, 1.82) is 0 Å². The molecule has 1 fully saturated rings. The SMILES string of the molecule is CCCCC[C@@]1(O)[C@H](O)[C@@H](CO)O[C@@]1(C)c1c[nH]c(=O)[nH]c1=O. The van der Waals surface area contributed by atoms with Crippen molar-refractivity contribution in [2.45, 2.75) is 62.9 Å². The van der Waals surface area contributed by atoms with Gasteiger partial charge in [0.2, 0.25) is 0 Å². The Morgan fingerprint density at radius 1 is 1.35 bits per heavy atom. The number of aromatic amines is 2. The van der Waals surface area contributed by atoms with Crippen molar-refractivity contribution in [1.82, 2.24) is 9.97 Å². The van der Waals surface area contributed by atoms with Gasteiger partial charge in [0.15, 0.2) is 0 Å². The number of H-pyrrole nitrogens is 2. The van der Waals surface area contributed by atoms with Gasteiger partial charge in [-0.05, 0) is 13.3 Å². The number of unbranched alkanes of at least 4 members (excludes halogenated alkanes) is 2. The van der Waals surface area contributed by atoms with Gasteiger partial charge in [-0.25, -0.2) is 4.79 Å². The van der Waals surface area contributed by atoms with Crippen molar-refractivity contribution in [3.8, 4) is 0 Å². The van der Waals surface area contributed by atoms with E-state index in [2.05, 4.69) is 9.97 Å². The van der Waals surface area contributed by atoms with Crippen LogP contribution in [-0.4, -0.2) is 49.7 Å². The molecule has 0 unspecified atom stereocenters. The summed E-state index contributed by atoms with van der Waals surface area (Å²) >= 11 is 0. The zero-order valence-corrected chi connectivity index (χ0v) is 13.3. The number of aliphatic hydroxyl groups is 3. The summed E-state index contributed by atoms with van der Waals surface area (Å²) in [5, 5.41) is 30.9. The normalized spacial score (nSPS) is 34.0. The Morgan fingerprint density at radius 3 is 2.61 bits per heavy atom. The average Bonchev–Trinajstić information content (AvgIpc) is 2.69. The number of nitrogens with one attached hydrogen (secondary N) is 2. The lowest BCUT2D eigenvalue weighted by Gasteiger charge is -2.39. The van der Waals surface area contributed by atoms with E-state index in [1.165, 1.54) is 13.1 Å². The van der Waals surface area contributed by atoms with Gasteiger partial charge in [-0.1, -0.05) is 26.2 Å². The van der Waals surface area contributed by atoms with Crippen molar-refractivity contribution < 1.29 is 20.1 Å². The Labute approximate surface area is 133 Å². The van der Waals surface area contributed by atoms with Crippen LogP contribution in [0.5, 0.6) is 0 Å². The standard InChI is InChI=1S/C15H24N2O6/c1-3-4-5-6-15(22)11(19)10(8-18)23-14(15,2)9-7-16-13(21)17-12(9)20/h7,10-11,18-19,22H,3-6,8H2,1-2H3,(H2,16,17,20,21)/t10-,11-,14+,15-/m1/s1. The lowest BCUT2D eigenvalue weighted by Crippen LogP contribution is -2.55. The van der Waals surface area contributed by atoms with Crippen LogP contribution in [0, 0.1) is 0 Å². The van der Waals surface area contributed by atoms with E-state index in [9.17, 15) is 24.9 Å². The van der Waals surface area contributed by atoms with Gasteiger partial charge < -0.3 is 25.0 Å². The molecule has 0 aromatic carbocycles. The third-order valence-electron chi connectivity index (χ3n) is 4.73. The van der Waals surface area contributed by atoms with Crippen molar-refractivity contribution in [3.63, 3.8) is 0 Å². The van der Waals surface area contributed by atoms with E-state index < -0.39 is 41.3 Å². The minimum Gasteiger partial charge on any atom is -0.394 e. The van der Waals surface area contributed by atoms with E-state index >= 15 is 0 Å². The minimum atomic E-state index is -1.75. The van der Waals surface area contributed by atoms with Crippen LogP contribution >= 0.6 is 0 Å². The Kier molecular flexibility index (Phi) is 5.10. The first kappa shape index (κ1) is 17.9. The summed E-state index contributed by atoms with van der Waals surface area (Å²) in [6.45, 7) is 3.00. The third kappa shape index (κ3) is 2.87. The van der Waals surface area contributed by atoms with Gasteiger partial charge in [-0.3, -0.25) is 9.78 Å². The molecule has 1 saturated heterocycles. The second-order valence-electron chi connectivity index (χ2n) is 6.18. The highest BCUT2D eigenvalue weighted by atomic mass is 16.6. The molecule has 130 valence electrons. The second-order valence-corrected chi connectivity index (χ2v) is 6.18. The molecule has 0 saturated carbocycles. The molecule has 8 heteroatoms. The third-order valence-corrected chi connectivity index (χ3v) is 4.73. The maximum absolute atomic E-state index is 12.1. The lowest BCUT2D eigenvalue weighted by molar-refractivity contribution is -0.146. The van der Waals surface area contributed by atoms with Crippen LogP contribution in [0.15, 0.2) is 15.8 Å². The summed E-state index contributed by atoms with van der Waals surface area (Å²) < 4.78 is 5.67. The molecule has 1 aromatic rings. The Hall–Kier alpha value is -1.48. The number of ether oxygens (including phenoxy) is 1. The first-order chi connectivity index (χ1) is 10.8. The van der Waals surface area contributed by atoms with Gasteiger partial charge in [-0.15, -0.1) is 0 Å². The molecule has 0 bridgehead atoms. The maximum Gasteiger partial charge on any atom is 0.325 e. The number of aliphatic hydroxyl groups excluding tert-OH is 2. The summed E-state index contributed by atoms with van der Waals surface area (Å²) in [6.07, 6.45) is 1.41. The Bertz CT molecular complexity index is 656. The summed E-state index contributed by atoms with van der Waals surface area (Å²) in [6, 6.07) is 0. The first-order valence-electron chi connectivity index (χ1n) is 7.81. The van der Waals surface area contributed by atoms with Gasteiger partial charge in [0.25, 0.3) is 5.56 Å². The Balaban J connectivity index is 2.50. The number of hydrogen-bond acceptors (Lipinski definition) is 6. The quantitative estimate of drug-likeness (QED) is 0.440. The van der Waals surface area contributed by atoms with Crippen LogP contribution in [-0.2, 0) is 10.3 Å².